The first-order chi connectivity index (χ1) is 16.9. The van der Waals surface area contributed by atoms with Crippen molar-refractivity contribution in [2.45, 2.75) is 26.4 Å². The number of esters is 1. The van der Waals surface area contributed by atoms with E-state index in [4.69, 9.17) is 14.0 Å². The first-order valence-corrected chi connectivity index (χ1v) is 12.6. The van der Waals surface area contributed by atoms with Crippen molar-refractivity contribution in [3.05, 3.63) is 70.7 Å². The fraction of sp³-hybridized carbons (Fsp3) is 0.192. The van der Waals surface area contributed by atoms with E-state index in [0.29, 0.717) is 17.1 Å². The highest BCUT2D eigenvalue weighted by molar-refractivity contribution is 7.23. The van der Waals surface area contributed by atoms with Gasteiger partial charge in [0, 0.05) is 14.3 Å². The molecular weight excluding hydrogens is 484 g/mol. The Bertz CT molecular complexity index is 1480. The monoisotopic (exact) mass is 506 g/mol. The maximum Gasteiger partial charge on any atom is 0.412 e. The molecule has 0 saturated carbocycles. The minimum Gasteiger partial charge on any atom is -0.469 e. The van der Waals surface area contributed by atoms with Crippen LogP contribution in [0.5, 0.6) is 0 Å². The Hall–Kier alpha value is -3.69. The Balaban J connectivity index is 1.39. The van der Waals surface area contributed by atoms with Crippen LogP contribution in [0.25, 0.3) is 30.8 Å². The highest BCUT2D eigenvalue weighted by Gasteiger charge is 2.21. The molecule has 0 bridgehead atoms. The molecule has 0 saturated heterocycles. The van der Waals surface area contributed by atoms with Crippen LogP contribution in [0.1, 0.15) is 29.2 Å². The van der Waals surface area contributed by atoms with Gasteiger partial charge in [-0.25, -0.2) is 4.79 Å². The summed E-state index contributed by atoms with van der Waals surface area (Å²) in [7, 11) is 1.39. The number of carbonyl (C=O) groups excluding carboxylic acids is 2. The SMILES string of the molecule is COC(=O)Cc1cc2cc3sc(-c4onc(C)c4NC(=O)O[C@H](C)c4ccccc4)cc3cc2s1. The number of nitrogens with zero attached hydrogens (tertiary/aromatic N) is 1. The van der Waals surface area contributed by atoms with Gasteiger partial charge in [-0.1, -0.05) is 35.5 Å². The lowest BCUT2D eigenvalue weighted by Gasteiger charge is -2.14. The van der Waals surface area contributed by atoms with E-state index in [2.05, 4.69) is 22.6 Å². The maximum absolute atomic E-state index is 12.6. The zero-order valence-corrected chi connectivity index (χ0v) is 20.9. The number of hydrogen-bond donors (Lipinski definition) is 1. The van der Waals surface area contributed by atoms with E-state index < -0.39 is 12.2 Å². The third kappa shape index (κ3) is 4.78. The largest absolute Gasteiger partial charge is 0.469 e. The molecule has 0 fully saturated rings. The lowest BCUT2D eigenvalue weighted by atomic mass is 10.1. The van der Waals surface area contributed by atoms with Crippen molar-refractivity contribution < 1.29 is 23.6 Å². The number of methoxy groups -OCH3 is 1. The summed E-state index contributed by atoms with van der Waals surface area (Å²) in [5.41, 5.74) is 1.96. The van der Waals surface area contributed by atoms with Crippen molar-refractivity contribution >= 4 is 60.6 Å². The molecule has 35 heavy (non-hydrogen) atoms. The van der Waals surface area contributed by atoms with E-state index in [-0.39, 0.29) is 12.4 Å². The van der Waals surface area contributed by atoms with Crippen LogP contribution in [0.2, 0.25) is 0 Å². The molecule has 5 rings (SSSR count). The zero-order chi connectivity index (χ0) is 24.5. The molecule has 5 aromatic rings. The first-order valence-electron chi connectivity index (χ1n) is 10.9. The molecule has 0 radical (unpaired) electrons. The number of rotatable bonds is 6. The topological polar surface area (TPSA) is 90.7 Å². The van der Waals surface area contributed by atoms with Crippen LogP contribution in [-0.4, -0.2) is 24.3 Å². The van der Waals surface area contributed by atoms with E-state index in [1.54, 1.807) is 29.6 Å². The van der Waals surface area contributed by atoms with Gasteiger partial charge < -0.3 is 14.0 Å². The normalized spacial score (nSPS) is 12.1. The van der Waals surface area contributed by atoms with Gasteiger partial charge in [-0.2, -0.15) is 0 Å². The highest BCUT2D eigenvalue weighted by atomic mass is 32.1. The molecule has 0 aliphatic rings. The second-order valence-electron chi connectivity index (χ2n) is 8.06. The number of benzene rings is 2. The highest BCUT2D eigenvalue weighted by Crippen LogP contribution is 2.41. The standard InChI is InChI=1S/C26H22N2O5S2/c1-14-24(27-26(30)32-15(2)16-7-5-4-6-8-16)25(33-28-14)22-12-18-11-20-17(10-21(18)35-22)9-19(34-20)13-23(29)31-3/h4-12,15H,13H2,1-3H3,(H,27,30)/t15-/m1/s1. The Kier molecular flexibility index (Phi) is 6.27. The van der Waals surface area contributed by atoms with Crippen LogP contribution in [0.4, 0.5) is 10.5 Å². The van der Waals surface area contributed by atoms with Crippen molar-refractivity contribution in [3.8, 4) is 10.6 Å². The lowest BCUT2D eigenvalue weighted by Crippen LogP contribution is -2.16. The third-order valence-corrected chi connectivity index (χ3v) is 7.81. The van der Waals surface area contributed by atoms with Gasteiger partial charge in [0.15, 0.2) is 0 Å². The molecule has 1 atom stereocenters. The maximum atomic E-state index is 12.6. The molecule has 178 valence electrons. The smallest absolute Gasteiger partial charge is 0.412 e. The van der Waals surface area contributed by atoms with Gasteiger partial charge in [0.2, 0.25) is 5.76 Å². The molecule has 0 aliphatic carbocycles. The minimum absolute atomic E-state index is 0.252. The van der Waals surface area contributed by atoms with Gasteiger partial charge in [0.1, 0.15) is 17.5 Å². The summed E-state index contributed by atoms with van der Waals surface area (Å²) in [6.07, 6.45) is -0.713. The predicted octanol–water partition coefficient (Wildman–Crippen LogP) is 7.10. The van der Waals surface area contributed by atoms with Crippen molar-refractivity contribution in [2.24, 2.45) is 0 Å². The second kappa shape index (κ2) is 9.52. The average molecular weight is 507 g/mol. The fourth-order valence-corrected chi connectivity index (χ4v) is 5.97. The quantitative estimate of drug-likeness (QED) is 0.247. The minimum atomic E-state index is -0.575. The average Bonchev–Trinajstić information content (AvgIpc) is 3.53. The summed E-state index contributed by atoms with van der Waals surface area (Å²) >= 11 is 3.12. The van der Waals surface area contributed by atoms with E-state index in [1.807, 2.05) is 49.4 Å². The number of aryl methyl sites for hydroxylation is 1. The van der Waals surface area contributed by atoms with Crippen LogP contribution in [0.15, 0.2) is 59.1 Å². The van der Waals surface area contributed by atoms with Gasteiger partial charge in [-0.3, -0.25) is 10.1 Å². The van der Waals surface area contributed by atoms with Crippen LogP contribution >= 0.6 is 22.7 Å². The molecule has 3 heterocycles. The number of ether oxygens (including phenoxy) is 2. The van der Waals surface area contributed by atoms with Gasteiger partial charge in [0.25, 0.3) is 0 Å². The number of amides is 1. The number of hydrogen-bond acceptors (Lipinski definition) is 8. The molecule has 0 aliphatic heterocycles. The molecule has 2 aromatic carbocycles. The first kappa shape index (κ1) is 23.1. The zero-order valence-electron chi connectivity index (χ0n) is 19.3. The van der Waals surface area contributed by atoms with Crippen molar-refractivity contribution in [3.63, 3.8) is 0 Å². The summed E-state index contributed by atoms with van der Waals surface area (Å²) in [4.78, 5) is 26.1. The van der Waals surface area contributed by atoms with Crippen LogP contribution < -0.4 is 5.32 Å². The summed E-state index contributed by atoms with van der Waals surface area (Å²) in [6.45, 7) is 3.60. The van der Waals surface area contributed by atoms with E-state index >= 15 is 0 Å². The second-order valence-corrected chi connectivity index (χ2v) is 10.3. The molecule has 0 unspecified atom stereocenters. The van der Waals surface area contributed by atoms with Gasteiger partial charge >= 0.3 is 12.1 Å². The van der Waals surface area contributed by atoms with E-state index in [9.17, 15) is 9.59 Å². The van der Waals surface area contributed by atoms with Crippen molar-refractivity contribution in [1.29, 1.82) is 0 Å². The number of thiophene rings is 2. The van der Waals surface area contributed by atoms with Gasteiger partial charge in [-0.05, 0) is 54.4 Å². The molecule has 0 spiro atoms. The molecule has 3 aromatic heterocycles. The predicted molar refractivity (Wildman–Crippen MR) is 138 cm³/mol. The number of fused-ring (bicyclic) bond motifs is 2. The molecule has 1 N–H and O–H groups in total. The van der Waals surface area contributed by atoms with Gasteiger partial charge in [0.05, 0.1) is 18.4 Å². The van der Waals surface area contributed by atoms with Crippen molar-refractivity contribution in [2.75, 3.05) is 12.4 Å². The number of carbonyl (C=O) groups is 2. The molecule has 7 nitrogen and oxygen atoms in total. The molecule has 1 amide bonds. The third-order valence-electron chi connectivity index (χ3n) is 5.62. The lowest BCUT2D eigenvalue weighted by molar-refractivity contribution is -0.139. The number of anilines is 1. The summed E-state index contributed by atoms with van der Waals surface area (Å²) in [5, 5.41) is 8.99. The van der Waals surface area contributed by atoms with Crippen molar-refractivity contribution in [1.82, 2.24) is 5.16 Å². The Morgan fingerprint density at radius 1 is 1.06 bits per heavy atom. The van der Waals surface area contributed by atoms with Crippen LogP contribution in [0, 0.1) is 6.92 Å². The summed E-state index contributed by atoms with van der Waals surface area (Å²) in [5.74, 6) is 0.237. The van der Waals surface area contributed by atoms with Crippen LogP contribution in [-0.2, 0) is 20.7 Å². The van der Waals surface area contributed by atoms with Gasteiger partial charge in [-0.15, -0.1) is 22.7 Å². The number of aromatic nitrogens is 1. The summed E-state index contributed by atoms with van der Waals surface area (Å²) in [6, 6.07) is 17.8. The Morgan fingerprint density at radius 2 is 1.77 bits per heavy atom. The Morgan fingerprint density at radius 3 is 2.51 bits per heavy atom. The summed E-state index contributed by atoms with van der Waals surface area (Å²) < 4.78 is 18.1. The van der Waals surface area contributed by atoms with E-state index in [1.165, 1.54) is 7.11 Å². The molecule has 9 heteroatoms. The fourth-order valence-electron chi connectivity index (χ4n) is 3.81. The van der Waals surface area contributed by atoms with Crippen LogP contribution in [0.3, 0.4) is 0 Å². The molecular formula is C26H22N2O5S2. The van der Waals surface area contributed by atoms with E-state index in [0.717, 1.165) is 35.5 Å². The Labute approximate surface area is 209 Å². The number of nitrogens with one attached hydrogen (secondary N) is 1.